The Hall–Kier alpha value is -1.51. The van der Waals surface area contributed by atoms with Crippen molar-refractivity contribution >= 4 is 11.6 Å². The zero-order valence-electron chi connectivity index (χ0n) is 13.5. The van der Waals surface area contributed by atoms with E-state index in [2.05, 4.69) is 26.1 Å². The molecule has 0 atom stereocenters. The van der Waals surface area contributed by atoms with E-state index in [1.165, 1.54) is 12.8 Å². The largest absolute Gasteiger partial charge is 0.387 e. The lowest BCUT2D eigenvalue weighted by Crippen LogP contribution is -2.38. The van der Waals surface area contributed by atoms with Crippen molar-refractivity contribution in [2.75, 3.05) is 18.9 Å². The van der Waals surface area contributed by atoms with Gasteiger partial charge in [-0.2, -0.15) is 0 Å². The van der Waals surface area contributed by atoms with Crippen LogP contribution in [0.15, 0.2) is 18.2 Å². The van der Waals surface area contributed by atoms with Crippen LogP contribution in [0.2, 0.25) is 0 Å². The molecule has 1 aromatic rings. The molecule has 3 nitrogen and oxygen atoms in total. The molecule has 0 aliphatic rings. The van der Waals surface area contributed by atoms with Crippen LogP contribution in [0.25, 0.3) is 0 Å². The summed E-state index contributed by atoms with van der Waals surface area (Å²) in [6, 6.07) is 6.18. The van der Waals surface area contributed by atoms with Gasteiger partial charge in [-0.25, -0.2) is 0 Å². The van der Waals surface area contributed by atoms with Crippen LogP contribution in [-0.2, 0) is 0 Å². The molecule has 0 saturated heterocycles. The summed E-state index contributed by atoms with van der Waals surface area (Å²) in [6.07, 6.45) is 3.41. The zero-order valence-corrected chi connectivity index (χ0v) is 13.5. The summed E-state index contributed by atoms with van der Waals surface area (Å²) in [7, 11) is 1.86. The second-order valence-electron chi connectivity index (χ2n) is 5.60. The van der Waals surface area contributed by atoms with Gasteiger partial charge in [0.15, 0.2) is 0 Å². The van der Waals surface area contributed by atoms with Gasteiger partial charge < -0.3 is 10.2 Å². The predicted molar refractivity (Wildman–Crippen MR) is 86.4 cm³/mol. The number of nitrogens with zero attached hydrogens (tertiary/aromatic N) is 1. The lowest BCUT2D eigenvalue weighted by Gasteiger charge is -2.28. The Kier molecular flexibility index (Phi) is 6.56. The summed E-state index contributed by atoms with van der Waals surface area (Å²) >= 11 is 0. The van der Waals surface area contributed by atoms with E-state index in [1.54, 1.807) is 0 Å². The van der Waals surface area contributed by atoms with Crippen molar-refractivity contribution in [2.45, 2.75) is 53.0 Å². The number of carbonyl (C=O) groups excluding carboxylic acids is 1. The van der Waals surface area contributed by atoms with E-state index in [0.717, 1.165) is 29.8 Å². The Morgan fingerprint density at radius 3 is 2.55 bits per heavy atom. The molecule has 0 aliphatic carbocycles. The second-order valence-corrected chi connectivity index (χ2v) is 5.60. The van der Waals surface area contributed by atoms with Gasteiger partial charge in [0.05, 0.1) is 5.56 Å². The standard InChI is InChI=1S/C17H28N2O/c1-6-7-8-11-19(13(2)3)17(20)15-10-9-14(4)12-16(15)18-5/h9-10,12-13,18H,6-8,11H2,1-5H3. The van der Waals surface area contributed by atoms with Crippen molar-refractivity contribution in [3.05, 3.63) is 29.3 Å². The average Bonchev–Trinajstić information content (AvgIpc) is 2.42. The van der Waals surface area contributed by atoms with Gasteiger partial charge in [0, 0.05) is 25.3 Å². The van der Waals surface area contributed by atoms with Gasteiger partial charge in [-0.3, -0.25) is 4.79 Å². The summed E-state index contributed by atoms with van der Waals surface area (Å²) in [5, 5.41) is 3.13. The Morgan fingerprint density at radius 2 is 2.00 bits per heavy atom. The highest BCUT2D eigenvalue weighted by Crippen LogP contribution is 2.20. The van der Waals surface area contributed by atoms with Gasteiger partial charge in [-0.1, -0.05) is 25.8 Å². The Labute approximate surface area is 123 Å². The van der Waals surface area contributed by atoms with Crippen LogP contribution in [0.5, 0.6) is 0 Å². The average molecular weight is 276 g/mol. The van der Waals surface area contributed by atoms with E-state index in [9.17, 15) is 4.79 Å². The number of hydrogen-bond acceptors (Lipinski definition) is 2. The van der Waals surface area contributed by atoms with Crippen LogP contribution in [0.1, 0.15) is 56.0 Å². The third kappa shape index (κ3) is 4.26. The van der Waals surface area contributed by atoms with Crippen LogP contribution in [0.4, 0.5) is 5.69 Å². The van der Waals surface area contributed by atoms with E-state index < -0.39 is 0 Å². The fourth-order valence-corrected chi connectivity index (χ4v) is 2.33. The van der Waals surface area contributed by atoms with E-state index in [4.69, 9.17) is 0 Å². The molecule has 3 heteroatoms. The van der Waals surface area contributed by atoms with Crippen molar-refractivity contribution in [3.63, 3.8) is 0 Å². The second kappa shape index (κ2) is 7.93. The number of nitrogens with one attached hydrogen (secondary N) is 1. The first-order chi connectivity index (χ1) is 9.51. The highest BCUT2D eigenvalue weighted by Gasteiger charge is 2.20. The fourth-order valence-electron chi connectivity index (χ4n) is 2.33. The normalized spacial score (nSPS) is 10.7. The number of hydrogen-bond donors (Lipinski definition) is 1. The number of aryl methyl sites for hydroxylation is 1. The van der Waals surface area contributed by atoms with Gasteiger partial charge in [0.1, 0.15) is 0 Å². The molecule has 1 aromatic carbocycles. The molecule has 0 aromatic heterocycles. The Bertz CT molecular complexity index is 441. The van der Waals surface area contributed by atoms with Crippen molar-refractivity contribution in [2.24, 2.45) is 0 Å². The highest BCUT2D eigenvalue weighted by atomic mass is 16.2. The number of anilines is 1. The summed E-state index contributed by atoms with van der Waals surface area (Å²) in [6.45, 7) is 9.21. The first-order valence-electron chi connectivity index (χ1n) is 7.60. The first kappa shape index (κ1) is 16.5. The summed E-state index contributed by atoms with van der Waals surface area (Å²) in [4.78, 5) is 14.7. The molecule has 0 saturated carbocycles. The maximum Gasteiger partial charge on any atom is 0.256 e. The number of unbranched alkanes of at least 4 members (excludes halogenated alkanes) is 2. The van der Waals surface area contributed by atoms with Crippen LogP contribution in [-0.4, -0.2) is 30.4 Å². The van der Waals surface area contributed by atoms with E-state index in [0.29, 0.717) is 0 Å². The predicted octanol–water partition coefficient (Wildman–Crippen LogP) is 4.08. The summed E-state index contributed by atoms with van der Waals surface area (Å²) < 4.78 is 0. The molecule has 0 bridgehead atoms. The van der Waals surface area contributed by atoms with Crippen LogP contribution in [0.3, 0.4) is 0 Å². The third-order valence-electron chi connectivity index (χ3n) is 3.56. The van der Waals surface area contributed by atoms with Gasteiger partial charge in [0.25, 0.3) is 5.91 Å². The van der Waals surface area contributed by atoms with E-state index >= 15 is 0 Å². The number of amides is 1. The van der Waals surface area contributed by atoms with Crippen molar-refractivity contribution in [3.8, 4) is 0 Å². The monoisotopic (exact) mass is 276 g/mol. The molecule has 0 unspecified atom stereocenters. The minimum absolute atomic E-state index is 0.125. The molecule has 1 amide bonds. The molecular formula is C17H28N2O. The van der Waals surface area contributed by atoms with Crippen LogP contribution in [0, 0.1) is 6.92 Å². The number of carbonyl (C=O) groups is 1. The third-order valence-corrected chi connectivity index (χ3v) is 3.56. The lowest BCUT2D eigenvalue weighted by atomic mass is 10.1. The maximum atomic E-state index is 12.8. The SMILES string of the molecule is CCCCCN(C(=O)c1ccc(C)cc1NC)C(C)C. The summed E-state index contributed by atoms with van der Waals surface area (Å²) in [5.41, 5.74) is 2.84. The topological polar surface area (TPSA) is 32.3 Å². The maximum absolute atomic E-state index is 12.8. The molecule has 0 aliphatic heterocycles. The first-order valence-corrected chi connectivity index (χ1v) is 7.60. The Morgan fingerprint density at radius 1 is 1.30 bits per heavy atom. The van der Waals surface area contributed by atoms with Crippen LogP contribution < -0.4 is 5.32 Å². The minimum atomic E-state index is 0.125. The summed E-state index contributed by atoms with van der Waals surface area (Å²) in [5.74, 6) is 0.125. The molecule has 0 spiro atoms. The Balaban J connectivity index is 2.94. The van der Waals surface area contributed by atoms with Gasteiger partial charge in [-0.05, 0) is 44.9 Å². The van der Waals surface area contributed by atoms with Gasteiger partial charge >= 0.3 is 0 Å². The quantitative estimate of drug-likeness (QED) is 0.761. The van der Waals surface area contributed by atoms with E-state index in [-0.39, 0.29) is 11.9 Å². The van der Waals surface area contributed by atoms with Gasteiger partial charge in [-0.15, -0.1) is 0 Å². The molecule has 0 radical (unpaired) electrons. The van der Waals surface area contributed by atoms with Crippen molar-refractivity contribution in [1.29, 1.82) is 0 Å². The lowest BCUT2D eigenvalue weighted by molar-refractivity contribution is 0.0703. The van der Waals surface area contributed by atoms with Crippen LogP contribution >= 0.6 is 0 Å². The molecule has 112 valence electrons. The molecular weight excluding hydrogens is 248 g/mol. The molecule has 20 heavy (non-hydrogen) atoms. The zero-order chi connectivity index (χ0) is 15.1. The highest BCUT2D eigenvalue weighted by molar-refractivity contribution is 5.99. The smallest absolute Gasteiger partial charge is 0.256 e. The molecule has 0 fully saturated rings. The van der Waals surface area contributed by atoms with Crippen molar-refractivity contribution in [1.82, 2.24) is 4.90 Å². The number of benzene rings is 1. The molecule has 1 N–H and O–H groups in total. The van der Waals surface area contributed by atoms with Gasteiger partial charge in [0.2, 0.25) is 0 Å². The number of rotatable bonds is 7. The molecule has 1 rings (SSSR count). The van der Waals surface area contributed by atoms with E-state index in [1.807, 2.05) is 37.1 Å². The van der Waals surface area contributed by atoms with Crippen molar-refractivity contribution < 1.29 is 4.79 Å². The minimum Gasteiger partial charge on any atom is -0.387 e. The fraction of sp³-hybridized carbons (Fsp3) is 0.588. The molecule has 0 heterocycles.